The molecule has 2 aliphatic rings. The van der Waals surface area contributed by atoms with Gasteiger partial charge in [0, 0.05) is 35.0 Å². The van der Waals surface area contributed by atoms with Crippen LogP contribution in [0, 0.1) is 0 Å². The Labute approximate surface area is 164 Å². The average Bonchev–Trinajstić information content (AvgIpc) is 3.51. The van der Waals surface area contributed by atoms with Crippen LogP contribution in [0.5, 0.6) is 0 Å². The second-order valence-electron chi connectivity index (χ2n) is 7.98. The van der Waals surface area contributed by atoms with Crippen LogP contribution in [-0.2, 0) is 19.4 Å². The number of carbonyl (C=O) groups is 1. The van der Waals surface area contributed by atoms with Crippen LogP contribution < -0.4 is 5.32 Å². The fraction of sp³-hybridized carbons (Fsp3) is 0.391. The van der Waals surface area contributed by atoms with Gasteiger partial charge >= 0.3 is 5.97 Å². The van der Waals surface area contributed by atoms with Gasteiger partial charge in [0.2, 0.25) is 0 Å². The van der Waals surface area contributed by atoms with Gasteiger partial charge in [-0.15, -0.1) is 0 Å². The number of hydrogen-bond donors (Lipinski definition) is 2. The molecule has 0 atom stereocenters. The molecule has 5 heteroatoms. The van der Waals surface area contributed by atoms with E-state index >= 15 is 0 Å². The second kappa shape index (κ2) is 6.66. The highest BCUT2D eigenvalue weighted by Crippen LogP contribution is 2.41. The third kappa shape index (κ3) is 2.86. The second-order valence-corrected chi connectivity index (χ2v) is 7.98. The molecule has 0 aliphatic heterocycles. The molecule has 5 rings (SSSR count). The minimum Gasteiger partial charge on any atom is -0.478 e. The topological polar surface area (TPSA) is 67.2 Å². The van der Waals surface area contributed by atoms with Gasteiger partial charge in [0.05, 0.1) is 0 Å². The number of benzene rings is 1. The van der Waals surface area contributed by atoms with E-state index in [0.717, 1.165) is 43.5 Å². The molecule has 0 bridgehead atoms. The van der Waals surface area contributed by atoms with Crippen LogP contribution in [0.1, 0.15) is 65.7 Å². The maximum Gasteiger partial charge on any atom is 0.339 e. The Hall–Kier alpha value is -2.82. The maximum absolute atomic E-state index is 11.8. The lowest BCUT2D eigenvalue weighted by molar-refractivity contribution is 0.0697. The number of nitrogens with one attached hydrogen (secondary N) is 1. The van der Waals surface area contributed by atoms with E-state index in [9.17, 15) is 9.90 Å². The minimum atomic E-state index is -0.937. The molecule has 2 heterocycles. The number of hydrogen-bond acceptors (Lipinski definition) is 3. The molecule has 2 N–H and O–H groups in total. The summed E-state index contributed by atoms with van der Waals surface area (Å²) in [5.74, 6) is -0.0375. The predicted octanol–water partition coefficient (Wildman–Crippen LogP) is 5.25. The number of aryl methyl sites for hydroxylation is 2. The summed E-state index contributed by atoms with van der Waals surface area (Å²) in [5.41, 5.74) is 6.38. The Morgan fingerprint density at radius 2 is 2.07 bits per heavy atom. The van der Waals surface area contributed by atoms with Gasteiger partial charge in [0.1, 0.15) is 11.4 Å². The van der Waals surface area contributed by atoms with E-state index in [1.54, 1.807) is 6.07 Å². The van der Waals surface area contributed by atoms with E-state index in [0.29, 0.717) is 11.7 Å². The molecule has 3 aromatic rings. The summed E-state index contributed by atoms with van der Waals surface area (Å²) in [6, 6.07) is 8.12. The number of pyridine rings is 1. The van der Waals surface area contributed by atoms with Crippen molar-refractivity contribution in [1.82, 2.24) is 9.55 Å². The van der Waals surface area contributed by atoms with Crippen molar-refractivity contribution in [2.24, 2.45) is 0 Å². The van der Waals surface area contributed by atoms with E-state index < -0.39 is 5.97 Å². The molecule has 0 amide bonds. The summed E-state index contributed by atoms with van der Waals surface area (Å²) in [6.45, 7) is 3.18. The van der Waals surface area contributed by atoms with Crippen molar-refractivity contribution in [2.75, 3.05) is 5.32 Å². The first kappa shape index (κ1) is 17.3. The molecule has 1 fully saturated rings. The molecule has 144 valence electrons. The molecule has 0 saturated heterocycles. The van der Waals surface area contributed by atoms with Crippen LogP contribution in [0.25, 0.3) is 10.9 Å². The first-order chi connectivity index (χ1) is 13.7. The highest BCUT2D eigenvalue weighted by molar-refractivity contribution is 5.95. The van der Waals surface area contributed by atoms with Gasteiger partial charge in [-0.3, -0.25) is 0 Å². The first-order valence-corrected chi connectivity index (χ1v) is 10.3. The monoisotopic (exact) mass is 375 g/mol. The fourth-order valence-electron chi connectivity index (χ4n) is 4.60. The molecule has 28 heavy (non-hydrogen) atoms. The van der Waals surface area contributed by atoms with Crippen molar-refractivity contribution in [3.63, 3.8) is 0 Å². The lowest BCUT2D eigenvalue weighted by Gasteiger charge is -2.14. The summed E-state index contributed by atoms with van der Waals surface area (Å²) in [4.78, 5) is 16.2. The fourth-order valence-corrected chi connectivity index (χ4v) is 4.60. The van der Waals surface area contributed by atoms with Gasteiger partial charge in [-0.05, 0) is 86.8 Å². The smallest absolute Gasteiger partial charge is 0.339 e. The lowest BCUT2D eigenvalue weighted by Crippen LogP contribution is -2.06. The Morgan fingerprint density at radius 3 is 2.82 bits per heavy atom. The largest absolute Gasteiger partial charge is 0.478 e. The average molecular weight is 375 g/mol. The van der Waals surface area contributed by atoms with Crippen LogP contribution in [0.15, 0.2) is 30.5 Å². The van der Waals surface area contributed by atoms with Crippen molar-refractivity contribution in [3.8, 4) is 0 Å². The summed E-state index contributed by atoms with van der Waals surface area (Å²) in [7, 11) is 0. The van der Waals surface area contributed by atoms with Gasteiger partial charge in [0.25, 0.3) is 0 Å². The molecule has 2 aromatic heterocycles. The van der Waals surface area contributed by atoms with Gasteiger partial charge in [0.15, 0.2) is 0 Å². The van der Waals surface area contributed by atoms with Gasteiger partial charge < -0.3 is 15.0 Å². The van der Waals surface area contributed by atoms with Crippen LogP contribution >= 0.6 is 0 Å². The van der Waals surface area contributed by atoms with Crippen molar-refractivity contribution in [3.05, 3.63) is 52.8 Å². The maximum atomic E-state index is 11.8. The number of carboxylic acids is 1. The zero-order valence-electron chi connectivity index (χ0n) is 16.2. The molecule has 0 spiro atoms. The number of aromatic nitrogens is 2. The summed E-state index contributed by atoms with van der Waals surface area (Å²) >= 11 is 0. The van der Waals surface area contributed by atoms with Crippen molar-refractivity contribution < 1.29 is 9.90 Å². The Bertz CT molecular complexity index is 1080. The number of anilines is 2. The number of carboxylic acid groups (broad SMARTS) is 1. The molecule has 2 aliphatic carbocycles. The van der Waals surface area contributed by atoms with Crippen molar-refractivity contribution in [2.45, 2.75) is 57.9 Å². The molecule has 0 radical (unpaired) electrons. The number of nitrogens with zero attached hydrogens (tertiary/aromatic N) is 2. The Morgan fingerprint density at radius 1 is 1.25 bits per heavy atom. The van der Waals surface area contributed by atoms with Crippen LogP contribution in [-0.4, -0.2) is 20.6 Å². The van der Waals surface area contributed by atoms with Gasteiger partial charge in [-0.25, -0.2) is 9.78 Å². The minimum absolute atomic E-state index is 0.248. The molecule has 0 unspecified atom stereocenters. The number of aromatic carboxylic acids is 1. The zero-order valence-corrected chi connectivity index (χ0v) is 16.2. The third-order valence-corrected chi connectivity index (χ3v) is 6.14. The molecular formula is C23H25N3O2. The highest BCUT2D eigenvalue weighted by Gasteiger charge is 2.26. The normalized spacial score (nSPS) is 16.2. The molecule has 5 nitrogen and oxygen atoms in total. The van der Waals surface area contributed by atoms with E-state index in [2.05, 4.69) is 33.9 Å². The van der Waals surface area contributed by atoms with Crippen molar-refractivity contribution >= 4 is 28.4 Å². The molecule has 1 saturated carbocycles. The van der Waals surface area contributed by atoms with Crippen LogP contribution in [0.2, 0.25) is 0 Å². The standard InChI is InChI=1S/C23H25N3O2/c1-2-26-20-6-4-3-5-17(20)18-12-16(9-10-21(18)26)25-22-19(23(27)28)11-15(13-24-22)14-7-8-14/h9-14H,2-8H2,1H3,(H,24,25)(H,27,28). The summed E-state index contributed by atoms with van der Waals surface area (Å²) in [6.07, 6.45) is 8.84. The number of rotatable bonds is 5. The highest BCUT2D eigenvalue weighted by atomic mass is 16.4. The van der Waals surface area contributed by atoms with E-state index in [1.807, 2.05) is 12.3 Å². The SMILES string of the molecule is CCn1c2c(c3cc(Nc4ncc(C5CC5)cc4C(=O)O)ccc31)CCCC2. The van der Waals surface area contributed by atoms with Crippen LogP contribution in [0.3, 0.4) is 0 Å². The predicted molar refractivity (Wildman–Crippen MR) is 111 cm³/mol. The van der Waals surface area contributed by atoms with E-state index in [-0.39, 0.29) is 5.56 Å². The van der Waals surface area contributed by atoms with E-state index in [4.69, 9.17) is 0 Å². The van der Waals surface area contributed by atoms with Crippen molar-refractivity contribution in [1.29, 1.82) is 0 Å². The quantitative estimate of drug-likeness (QED) is 0.639. The lowest BCUT2D eigenvalue weighted by atomic mass is 9.95. The van der Waals surface area contributed by atoms with Crippen LogP contribution in [0.4, 0.5) is 11.5 Å². The molecule has 1 aromatic carbocycles. The van der Waals surface area contributed by atoms with Gasteiger partial charge in [-0.2, -0.15) is 0 Å². The van der Waals surface area contributed by atoms with E-state index in [1.165, 1.54) is 35.0 Å². The Balaban J connectivity index is 1.54. The molecular weight excluding hydrogens is 350 g/mol. The summed E-state index contributed by atoms with van der Waals surface area (Å²) in [5, 5.41) is 14.2. The van der Waals surface area contributed by atoms with Gasteiger partial charge in [-0.1, -0.05) is 0 Å². The Kier molecular flexibility index (Phi) is 4.11. The third-order valence-electron chi connectivity index (χ3n) is 6.14. The number of fused-ring (bicyclic) bond motifs is 3. The first-order valence-electron chi connectivity index (χ1n) is 10.3. The zero-order chi connectivity index (χ0) is 19.3. The summed E-state index contributed by atoms with van der Waals surface area (Å²) < 4.78 is 2.43.